The highest BCUT2D eigenvalue weighted by Crippen LogP contribution is 2.11. The molecule has 6 heteroatoms. The van der Waals surface area contributed by atoms with E-state index in [0.717, 1.165) is 51.4 Å². The van der Waals surface area contributed by atoms with Gasteiger partial charge in [-0.3, -0.25) is 9.78 Å². The maximum atomic E-state index is 12.5. The third kappa shape index (κ3) is 4.96. The first-order valence-electron chi connectivity index (χ1n) is 7.89. The molecule has 1 amide bonds. The molecule has 1 aliphatic rings. The summed E-state index contributed by atoms with van der Waals surface area (Å²) < 4.78 is 0. The zero-order valence-corrected chi connectivity index (χ0v) is 13.9. The van der Waals surface area contributed by atoms with Crippen molar-refractivity contribution in [2.24, 2.45) is 0 Å². The van der Waals surface area contributed by atoms with Gasteiger partial charge in [-0.15, -0.1) is 0 Å². The first-order valence-corrected chi connectivity index (χ1v) is 7.89. The molecular formula is C16H27N5O. The van der Waals surface area contributed by atoms with Crippen LogP contribution in [0.4, 0.5) is 5.69 Å². The van der Waals surface area contributed by atoms with Gasteiger partial charge in [0.05, 0.1) is 0 Å². The Hall–Kier alpha value is -1.66. The molecule has 2 heterocycles. The second kappa shape index (κ2) is 8.10. The van der Waals surface area contributed by atoms with Gasteiger partial charge in [0.1, 0.15) is 5.69 Å². The van der Waals surface area contributed by atoms with Crippen molar-refractivity contribution in [2.45, 2.75) is 6.42 Å². The zero-order chi connectivity index (χ0) is 15.9. The molecule has 0 unspecified atom stereocenters. The Morgan fingerprint density at radius 1 is 1.32 bits per heavy atom. The number of pyridine rings is 1. The van der Waals surface area contributed by atoms with E-state index in [0.29, 0.717) is 5.69 Å². The summed E-state index contributed by atoms with van der Waals surface area (Å²) in [7, 11) is 6.22. The Morgan fingerprint density at radius 3 is 2.73 bits per heavy atom. The lowest BCUT2D eigenvalue weighted by atomic mass is 10.2. The van der Waals surface area contributed by atoms with E-state index in [-0.39, 0.29) is 5.91 Å². The number of nitrogens with zero attached hydrogens (tertiary/aromatic N) is 4. The van der Waals surface area contributed by atoms with Gasteiger partial charge in [-0.05, 0) is 46.2 Å². The van der Waals surface area contributed by atoms with Crippen molar-refractivity contribution in [3.05, 3.63) is 24.0 Å². The molecule has 122 valence electrons. The number of amides is 1. The Balaban J connectivity index is 1.88. The highest BCUT2D eigenvalue weighted by atomic mass is 16.2. The molecule has 6 nitrogen and oxygen atoms in total. The van der Waals surface area contributed by atoms with Crippen LogP contribution in [0.15, 0.2) is 18.3 Å². The molecule has 1 saturated heterocycles. The van der Waals surface area contributed by atoms with Gasteiger partial charge in [-0.1, -0.05) is 0 Å². The van der Waals surface area contributed by atoms with E-state index in [1.54, 1.807) is 6.20 Å². The van der Waals surface area contributed by atoms with Crippen molar-refractivity contribution in [3.8, 4) is 0 Å². The number of nitrogens with one attached hydrogen (secondary N) is 1. The normalized spacial score (nSPS) is 16.1. The van der Waals surface area contributed by atoms with Crippen LogP contribution in [0.25, 0.3) is 0 Å². The van der Waals surface area contributed by atoms with E-state index in [9.17, 15) is 4.79 Å². The largest absolute Gasteiger partial charge is 0.385 e. The first-order chi connectivity index (χ1) is 10.6. The predicted octanol–water partition coefficient (Wildman–Crippen LogP) is 0.833. The van der Waals surface area contributed by atoms with Gasteiger partial charge in [0.25, 0.3) is 5.91 Å². The lowest BCUT2D eigenvalue weighted by Gasteiger charge is -2.32. The van der Waals surface area contributed by atoms with Gasteiger partial charge in [-0.25, -0.2) is 0 Å². The van der Waals surface area contributed by atoms with E-state index >= 15 is 0 Å². The quantitative estimate of drug-likeness (QED) is 0.789. The molecule has 0 aromatic carbocycles. The number of carbonyl (C=O) groups excluding carboxylic acids is 1. The summed E-state index contributed by atoms with van der Waals surface area (Å²) >= 11 is 0. The van der Waals surface area contributed by atoms with Crippen molar-refractivity contribution < 1.29 is 4.79 Å². The third-order valence-corrected chi connectivity index (χ3v) is 3.88. The summed E-state index contributed by atoms with van der Waals surface area (Å²) in [5.74, 6) is 0.0324. The Labute approximate surface area is 133 Å². The summed E-state index contributed by atoms with van der Waals surface area (Å²) in [4.78, 5) is 23.0. The van der Waals surface area contributed by atoms with E-state index < -0.39 is 0 Å². The number of aromatic nitrogens is 1. The average molecular weight is 305 g/mol. The number of carbonyl (C=O) groups is 1. The molecule has 1 aromatic rings. The minimum Gasteiger partial charge on any atom is -0.385 e. The molecule has 1 aromatic heterocycles. The number of piperazine rings is 1. The standard InChI is InChI=1S/C16H27N5O/c1-19(2)8-4-6-17-14-5-7-18-15(13-14)16(22)21-11-9-20(3)10-12-21/h5,7,13H,4,6,8-12H2,1-3H3,(H,17,18). The van der Waals surface area contributed by atoms with Crippen LogP contribution >= 0.6 is 0 Å². The van der Waals surface area contributed by atoms with Gasteiger partial charge in [0.2, 0.25) is 0 Å². The minimum atomic E-state index is 0.0324. The van der Waals surface area contributed by atoms with Gasteiger partial charge < -0.3 is 20.0 Å². The lowest BCUT2D eigenvalue weighted by Crippen LogP contribution is -2.47. The fourth-order valence-corrected chi connectivity index (χ4v) is 2.46. The summed E-state index contributed by atoms with van der Waals surface area (Å²) in [6.07, 6.45) is 2.77. The van der Waals surface area contributed by atoms with Crippen LogP contribution in [-0.2, 0) is 0 Å². The molecule has 1 aliphatic heterocycles. The molecule has 0 spiro atoms. The van der Waals surface area contributed by atoms with Crippen molar-refractivity contribution in [1.29, 1.82) is 0 Å². The van der Waals surface area contributed by atoms with Gasteiger partial charge in [-0.2, -0.15) is 0 Å². The Morgan fingerprint density at radius 2 is 2.05 bits per heavy atom. The highest BCUT2D eigenvalue weighted by molar-refractivity contribution is 5.93. The number of rotatable bonds is 6. The van der Waals surface area contributed by atoms with Crippen LogP contribution in [0.3, 0.4) is 0 Å². The molecule has 0 bridgehead atoms. The SMILES string of the molecule is CN(C)CCCNc1ccnc(C(=O)N2CCN(C)CC2)c1. The summed E-state index contributed by atoms with van der Waals surface area (Å²) in [6, 6.07) is 3.77. The Kier molecular flexibility index (Phi) is 6.15. The predicted molar refractivity (Wildman–Crippen MR) is 89.3 cm³/mol. The smallest absolute Gasteiger partial charge is 0.272 e. The monoisotopic (exact) mass is 305 g/mol. The van der Waals surface area contributed by atoms with E-state index in [2.05, 4.69) is 41.2 Å². The minimum absolute atomic E-state index is 0.0324. The van der Waals surface area contributed by atoms with Crippen molar-refractivity contribution in [1.82, 2.24) is 19.7 Å². The molecule has 22 heavy (non-hydrogen) atoms. The fourth-order valence-electron chi connectivity index (χ4n) is 2.46. The number of hydrogen-bond donors (Lipinski definition) is 1. The molecule has 2 rings (SSSR count). The fraction of sp³-hybridized carbons (Fsp3) is 0.625. The average Bonchev–Trinajstić information content (AvgIpc) is 2.52. The van der Waals surface area contributed by atoms with E-state index in [1.807, 2.05) is 17.0 Å². The van der Waals surface area contributed by atoms with Crippen LogP contribution in [0.1, 0.15) is 16.9 Å². The number of hydrogen-bond acceptors (Lipinski definition) is 5. The topological polar surface area (TPSA) is 51.7 Å². The van der Waals surface area contributed by atoms with Gasteiger partial charge in [0, 0.05) is 44.6 Å². The zero-order valence-electron chi connectivity index (χ0n) is 13.9. The lowest BCUT2D eigenvalue weighted by molar-refractivity contribution is 0.0658. The number of anilines is 1. The van der Waals surface area contributed by atoms with Crippen LogP contribution in [0.2, 0.25) is 0 Å². The molecule has 0 aliphatic carbocycles. The molecule has 0 atom stereocenters. The van der Waals surface area contributed by atoms with Crippen LogP contribution in [0.5, 0.6) is 0 Å². The van der Waals surface area contributed by atoms with E-state index in [4.69, 9.17) is 0 Å². The highest BCUT2D eigenvalue weighted by Gasteiger charge is 2.21. The molecular weight excluding hydrogens is 278 g/mol. The second-order valence-electron chi connectivity index (χ2n) is 6.11. The van der Waals surface area contributed by atoms with Crippen molar-refractivity contribution >= 4 is 11.6 Å². The van der Waals surface area contributed by atoms with Crippen LogP contribution < -0.4 is 5.32 Å². The molecule has 1 N–H and O–H groups in total. The maximum Gasteiger partial charge on any atom is 0.272 e. The summed E-state index contributed by atoms with van der Waals surface area (Å²) in [6.45, 7) is 5.34. The van der Waals surface area contributed by atoms with E-state index in [1.165, 1.54) is 0 Å². The Bertz CT molecular complexity index is 483. The van der Waals surface area contributed by atoms with Gasteiger partial charge >= 0.3 is 0 Å². The first kappa shape index (κ1) is 16.7. The number of likely N-dealkylation sites (N-methyl/N-ethyl adjacent to an activating group) is 1. The van der Waals surface area contributed by atoms with Crippen LogP contribution in [-0.4, -0.2) is 86.0 Å². The third-order valence-electron chi connectivity index (χ3n) is 3.88. The molecule has 0 radical (unpaired) electrons. The molecule has 0 saturated carbocycles. The molecule has 1 fully saturated rings. The van der Waals surface area contributed by atoms with Crippen LogP contribution in [0, 0.1) is 0 Å². The second-order valence-corrected chi connectivity index (χ2v) is 6.11. The van der Waals surface area contributed by atoms with Gasteiger partial charge in [0.15, 0.2) is 0 Å². The summed E-state index contributed by atoms with van der Waals surface area (Å²) in [5.41, 5.74) is 1.49. The summed E-state index contributed by atoms with van der Waals surface area (Å²) in [5, 5.41) is 3.36. The van der Waals surface area contributed by atoms with Crippen molar-refractivity contribution in [3.63, 3.8) is 0 Å². The van der Waals surface area contributed by atoms with Crippen molar-refractivity contribution in [2.75, 3.05) is 65.7 Å². The maximum absolute atomic E-state index is 12.5.